The van der Waals surface area contributed by atoms with Crippen LogP contribution in [-0.4, -0.2) is 17.1 Å². The highest BCUT2D eigenvalue weighted by atomic mass is 35.5. The minimum Gasteiger partial charge on any atom is -0.347 e. The molecule has 0 aromatic heterocycles. The molecular formula is C28H24ClN3O2S. The van der Waals surface area contributed by atoms with E-state index in [1.54, 1.807) is 6.07 Å². The SMILES string of the molecule is CCc1ccc(N2C(=O)C(Cc3cccc(Cl)c3)S/C2=C(/C#N)C(=O)NCc2ccccc2)cc1. The number of carbonyl (C=O) groups is 2. The Balaban J connectivity index is 1.67. The maximum atomic E-state index is 13.6. The fraction of sp³-hybridized carbons (Fsp3) is 0.179. The van der Waals surface area contributed by atoms with Gasteiger partial charge in [0.25, 0.3) is 5.91 Å². The fourth-order valence-electron chi connectivity index (χ4n) is 3.85. The van der Waals surface area contributed by atoms with E-state index in [0.717, 1.165) is 23.1 Å². The summed E-state index contributed by atoms with van der Waals surface area (Å²) in [6.07, 6.45) is 1.30. The number of rotatable bonds is 7. The van der Waals surface area contributed by atoms with E-state index < -0.39 is 11.2 Å². The molecule has 1 heterocycles. The lowest BCUT2D eigenvalue weighted by molar-refractivity contribution is -0.117. The summed E-state index contributed by atoms with van der Waals surface area (Å²) in [5.41, 5.74) is 3.52. The zero-order valence-corrected chi connectivity index (χ0v) is 20.8. The number of halogens is 1. The van der Waals surface area contributed by atoms with E-state index in [4.69, 9.17) is 11.6 Å². The molecule has 1 unspecified atom stereocenters. The van der Waals surface area contributed by atoms with Gasteiger partial charge in [0, 0.05) is 17.3 Å². The highest BCUT2D eigenvalue weighted by Crippen LogP contribution is 2.42. The van der Waals surface area contributed by atoms with Gasteiger partial charge in [0.1, 0.15) is 16.7 Å². The first-order chi connectivity index (χ1) is 17.0. The number of nitrogens with zero attached hydrogens (tertiary/aromatic N) is 2. The fourth-order valence-corrected chi connectivity index (χ4v) is 5.37. The van der Waals surface area contributed by atoms with Crippen LogP contribution < -0.4 is 10.2 Å². The van der Waals surface area contributed by atoms with Crippen LogP contribution in [0.2, 0.25) is 5.02 Å². The Labute approximate surface area is 214 Å². The summed E-state index contributed by atoms with van der Waals surface area (Å²) in [6.45, 7) is 2.34. The molecule has 1 saturated heterocycles. The molecule has 0 saturated carbocycles. The van der Waals surface area contributed by atoms with Crippen molar-refractivity contribution < 1.29 is 9.59 Å². The van der Waals surface area contributed by atoms with Gasteiger partial charge in [0.2, 0.25) is 5.91 Å². The van der Waals surface area contributed by atoms with E-state index in [-0.39, 0.29) is 18.0 Å². The van der Waals surface area contributed by atoms with Crippen molar-refractivity contribution in [2.75, 3.05) is 4.90 Å². The Hall–Kier alpha value is -3.53. The highest BCUT2D eigenvalue weighted by Gasteiger charge is 2.40. The topological polar surface area (TPSA) is 73.2 Å². The molecule has 2 amide bonds. The standard InChI is InChI=1S/C28H24ClN3O2S/c1-2-19-11-13-23(14-12-19)32-27(34)25(16-21-9-6-10-22(29)15-21)35-28(32)24(17-30)26(33)31-18-20-7-4-3-5-8-20/h3-15,25H,2,16,18H2,1H3,(H,31,33)/b28-24-. The second-order valence-corrected chi connectivity index (χ2v) is 9.72. The molecule has 0 bridgehead atoms. The van der Waals surface area contributed by atoms with Crippen molar-refractivity contribution in [3.63, 3.8) is 0 Å². The zero-order chi connectivity index (χ0) is 24.8. The number of benzene rings is 3. The largest absolute Gasteiger partial charge is 0.347 e. The summed E-state index contributed by atoms with van der Waals surface area (Å²) < 4.78 is 0. The maximum Gasteiger partial charge on any atom is 0.264 e. The van der Waals surface area contributed by atoms with Gasteiger partial charge >= 0.3 is 0 Å². The second kappa shape index (κ2) is 11.3. The predicted octanol–water partition coefficient (Wildman–Crippen LogP) is 5.65. The molecule has 7 heteroatoms. The number of thioether (sulfide) groups is 1. The molecule has 4 rings (SSSR count). The van der Waals surface area contributed by atoms with Crippen molar-refractivity contribution in [2.45, 2.75) is 31.6 Å². The first-order valence-corrected chi connectivity index (χ1v) is 12.6. The molecule has 3 aromatic carbocycles. The van der Waals surface area contributed by atoms with E-state index in [9.17, 15) is 14.9 Å². The van der Waals surface area contributed by atoms with Crippen LogP contribution in [-0.2, 0) is 29.0 Å². The molecule has 3 aromatic rings. The molecule has 1 atom stereocenters. The number of hydrogen-bond acceptors (Lipinski definition) is 4. The minimum atomic E-state index is -0.509. The Morgan fingerprint density at radius 1 is 1.03 bits per heavy atom. The lowest BCUT2D eigenvalue weighted by Crippen LogP contribution is -2.32. The number of amides is 2. The van der Waals surface area contributed by atoms with Crippen LogP contribution >= 0.6 is 23.4 Å². The smallest absolute Gasteiger partial charge is 0.264 e. The maximum absolute atomic E-state index is 13.6. The van der Waals surface area contributed by atoms with E-state index in [2.05, 4.69) is 12.2 Å². The molecule has 0 radical (unpaired) electrons. The van der Waals surface area contributed by atoms with Crippen molar-refractivity contribution in [1.82, 2.24) is 5.32 Å². The van der Waals surface area contributed by atoms with Crippen LogP contribution in [0.1, 0.15) is 23.6 Å². The Morgan fingerprint density at radius 3 is 2.40 bits per heavy atom. The van der Waals surface area contributed by atoms with Gasteiger partial charge in [-0.1, -0.05) is 84.9 Å². The number of carbonyl (C=O) groups excluding carboxylic acids is 2. The van der Waals surface area contributed by atoms with Crippen LogP contribution in [0, 0.1) is 11.3 Å². The number of hydrogen-bond donors (Lipinski definition) is 1. The summed E-state index contributed by atoms with van der Waals surface area (Å²) in [5, 5.41) is 13.2. The summed E-state index contributed by atoms with van der Waals surface area (Å²) >= 11 is 7.39. The quantitative estimate of drug-likeness (QED) is 0.335. The van der Waals surface area contributed by atoms with Gasteiger partial charge in [-0.3, -0.25) is 14.5 Å². The molecule has 176 valence electrons. The third-order valence-corrected chi connectivity index (χ3v) is 7.21. The van der Waals surface area contributed by atoms with Gasteiger partial charge in [-0.25, -0.2) is 0 Å². The van der Waals surface area contributed by atoms with Gasteiger partial charge in [-0.15, -0.1) is 0 Å². The van der Waals surface area contributed by atoms with Crippen LogP contribution in [0.25, 0.3) is 0 Å². The molecule has 0 aliphatic carbocycles. The van der Waals surface area contributed by atoms with Gasteiger partial charge in [-0.05, 0) is 53.8 Å². The monoisotopic (exact) mass is 501 g/mol. The predicted molar refractivity (Wildman–Crippen MR) is 141 cm³/mol. The van der Waals surface area contributed by atoms with Crippen LogP contribution in [0.15, 0.2) is 89.5 Å². The van der Waals surface area contributed by atoms with E-state index in [1.807, 2.05) is 78.9 Å². The first-order valence-electron chi connectivity index (χ1n) is 11.3. The lowest BCUT2D eigenvalue weighted by Gasteiger charge is -2.19. The average Bonchev–Trinajstić information content (AvgIpc) is 3.19. The van der Waals surface area contributed by atoms with E-state index in [1.165, 1.54) is 16.7 Å². The molecule has 1 N–H and O–H groups in total. The summed E-state index contributed by atoms with van der Waals surface area (Å²) in [7, 11) is 0. The van der Waals surface area contributed by atoms with Crippen molar-refractivity contribution in [1.29, 1.82) is 5.26 Å². The zero-order valence-electron chi connectivity index (χ0n) is 19.2. The summed E-state index contributed by atoms with van der Waals surface area (Å²) in [4.78, 5) is 28.1. The Kier molecular flexibility index (Phi) is 7.91. The van der Waals surface area contributed by atoms with Gasteiger partial charge in [-0.2, -0.15) is 5.26 Å². The van der Waals surface area contributed by atoms with Gasteiger partial charge in [0.05, 0.1) is 5.25 Å². The van der Waals surface area contributed by atoms with E-state index >= 15 is 0 Å². The molecule has 35 heavy (non-hydrogen) atoms. The second-order valence-electron chi connectivity index (χ2n) is 8.09. The van der Waals surface area contributed by atoms with Crippen molar-refractivity contribution in [2.24, 2.45) is 0 Å². The molecule has 1 aliphatic rings. The average molecular weight is 502 g/mol. The third-order valence-electron chi connectivity index (χ3n) is 5.71. The Bertz CT molecular complexity index is 1300. The van der Waals surface area contributed by atoms with E-state index in [0.29, 0.717) is 22.2 Å². The molecule has 1 fully saturated rings. The number of nitriles is 1. The van der Waals surface area contributed by atoms with Crippen molar-refractivity contribution in [3.8, 4) is 6.07 Å². The third kappa shape index (κ3) is 5.76. The number of anilines is 1. The summed E-state index contributed by atoms with van der Waals surface area (Å²) in [6, 6.07) is 26.5. The lowest BCUT2D eigenvalue weighted by atomic mass is 10.1. The molecule has 5 nitrogen and oxygen atoms in total. The number of aryl methyl sites for hydroxylation is 1. The van der Waals surface area contributed by atoms with Crippen LogP contribution in [0.5, 0.6) is 0 Å². The molecule has 0 spiro atoms. The highest BCUT2D eigenvalue weighted by molar-refractivity contribution is 8.05. The van der Waals surface area contributed by atoms with Crippen LogP contribution in [0.4, 0.5) is 5.69 Å². The molecule has 1 aliphatic heterocycles. The summed E-state index contributed by atoms with van der Waals surface area (Å²) in [5.74, 6) is -0.678. The molecular weight excluding hydrogens is 478 g/mol. The van der Waals surface area contributed by atoms with Crippen LogP contribution in [0.3, 0.4) is 0 Å². The Morgan fingerprint density at radius 2 is 1.74 bits per heavy atom. The number of nitrogens with one attached hydrogen (secondary N) is 1. The van der Waals surface area contributed by atoms with Crippen molar-refractivity contribution in [3.05, 3.63) is 111 Å². The van der Waals surface area contributed by atoms with Crippen molar-refractivity contribution >= 4 is 40.9 Å². The minimum absolute atomic E-state index is 0.0764. The van der Waals surface area contributed by atoms with Gasteiger partial charge in [0.15, 0.2) is 0 Å². The first kappa shape index (κ1) is 24.6. The van der Waals surface area contributed by atoms with Gasteiger partial charge < -0.3 is 5.32 Å². The normalized spacial score (nSPS) is 16.7.